The number of carbonyl (C=O) groups excluding carboxylic acids is 2. The first-order valence-electron chi connectivity index (χ1n) is 9.64. The van der Waals surface area contributed by atoms with Gasteiger partial charge < -0.3 is 16.0 Å². The first-order valence-corrected chi connectivity index (χ1v) is 11.1. The minimum absolute atomic E-state index is 0.0362. The van der Waals surface area contributed by atoms with E-state index >= 15 is 0 Å². The molecule has 4 N–H and O–H groups in total. The minimum Gasteiger partial charge on any atom is -0.348 e. The molecule has 162 valence electrons. The normalized spacial score (nSPS) is 11.4. The second-order valence-electron chi connectivity index (χ2n) is 7.44. The molecule has 0 heterocycles. The lowest BCUT2D eigenvalue weighted by Gasteiger charge is -2.12. The van der Waals surface area contributed by atoms with E-state index in [2.05, 4.69) is 20.7 Å². The Morgan fingerprint density at radius 2 is 1.60 bits per heavy atom. The summed E-state index contributed by atoms with van der Waals surface area (Å²) in [4.78, 5) is 24.2. The van der Waals surface area contributed by atoms with Gasteiger partial charge in [-0.25, -0.2) is 17.9 Å². The van der Waals surface area contributed by atoms with Crippen molar-refractivity contribution < 1.29 is 18.0 Å². The highest BCUT2D eigenvalue weighted by Gasteiger charge is 2.17. The van der Waals surface area contributed by atoms with Crippen LogP contribution in [0.3, 0.4) is 0 Å². The maximum atomic E-state index is 12.4. The first kappa shape index (κ1) is 23.4. The monoisotopic (exact) mass is 432 g/mol. The number of amides is 3. The van der Waals surface area contributed by atoms with Crippen LogP contribution in [0.4, 0.5) is 10.5 Å². The second-order valence-corrected chi connectivity index (χ2v) is 9.15. The van der Waals surface area contributed by atoms with E-state index in [-0.39, 0.29) is 41.0 Å². The van der Waals surface area contributed by atoms with Gasteiger partial charge in [-0.3, -0.25) is 4.79 Å². The summed E-state index contributed by atoms with van der Waals surface area (Å²) in [6, 6.07) is 12.5. The number of anilines is 1. The van der Waals surface area contributed by atoms with Crippen LogP contribution >= 0.6 is 0 Å². The Labute approximate surface area is 177 Å². The standard InChI is InChI=1S/C21H28N4O4S/c1-14(2)23-21(27)24-18-10-8-16(9-11-18)13-22-20(26)17-6-5-7-19(12-17)30(28,29)25-15(3)4/h5-12,14-15,25H,13H2,1-4H3,(H,22,26)(H2,23,24,27). The summed E-state index contributed by atoms with van der Waals surface area (Å²) in [6.45, 7) is 7.46. The summed E-state index contributed by atoms with van der Waals surface area (Å²) in [7, 11) is -3.67. The molecule has 0 spiro atoms. The van der Waals surface area contributed by atoms with Crippen molar-refractivity contribution in [2.24, 2.45) is 0 Å². The SMILES string of the molecule is CC(C)NC(=O)Nc1ccc(CNC(=O)c2cccc(S(=O)(=O)NC(C)C)c2)cc1. The lowest BCUT2D eigenvalue weighted by molar-refractivity contribution is 0.0950. The van der Waals surface area contributed by atoms with Crippen LogP contribution in [0.5, 0.6) is 0 Å². The Morgan fingerprint density at radius 1 is 0.933 bits per heavy atom. The molecule has 0 aromatic heterocycles. The van der Waals surface area contributed by atoms with Gasteiger partial charge in [-0.1, -0.05) is 18.2 Å². The van der Waals surface area contributed by atoms with Gasteiger partial charge in [-0.15, -0.1) is 0 Å². The van der Waals surface area contributed by atoms with E-state index < -0.39 is 10.0 Å². The van der Waals surface area contributed by atoms with E-state index in [1.54, 1.807) is 44.2 Å². The zero-order valence-electron chi connectivity index (χ0n) is 17.5. The molecule has 8 nitrogen and oxygen atoms in total. The molecular formula is C21H28N4O4S. The van der Waals surface area contributed by atoms with Crippen LogP contribution in [-0.2, 0) is 16.6 Å². The van der Waals surface area contributed by atoms with Crippen molar-refractivity contribution in [3.8, 4) is 0 Å². The third kappa shape index (κ3) is 7.16. The molecule has 0 unspecified atom stereocenters. The van der Waals surface area contributed by atoms with Crippen LogP contribution in [0.15, 0.2) is 53.4 Å². The van der Waals surface area contributed by atoms with Crippen LogP contribution in [0.25, 0.3) is 0 Å². The third-order valence-corrected chi connectivity index (χ3v) is 5.54. The topological polar surface area (TPSA) is 116 Å². The fourth-order valence-corrected chi connectivity index (χ4v) is 3.90. The van der Waals surface area contributed by atoms with Crippen molar-refractivity contribution in [1.82, 2.24) is 15.4 Å². The number of urea groups is 1. The molecule has 0 saturated carbocycles. The highest BCUT2D eigenvalue weighted by Crippen LogP contribution is 2.13. The van der Waals surface area contributed by atoms with E-state index in [0.29, 0.717) is 5.69 Å². The summed E-state index contributed by atoms with van der Waals surface area (Å²) in [5.41, 5.74) is 1.73. The van der Waals surface area contributed by atoms with Crippen LogP contribution < -0.4 is 20.7 Å². The molecule has 3 amide bonds. The molecule has 2 rings (SSSR count). The van der Waals surface area contributed by atoms with Gasteiger partial charge in [0.15, 0.2) is 0 Å². The third-order valence-electron chi connectivity index (χ3n) is 3.88. The summed E-state index contributed by atoms with van der Waals surface area (Å²) in [5.74, 6) is -0.380. The average Bonchev–Trinajstić information content (AvgIpc) is 2.65. The van der Waals surface area contributed by atoms with Gasteiger partial charge in [0.1, 0.15) is 0 Å². The van der Waals surface area contributed by atoms with E-state index in [1.807, 2.05) is 13.8 Å². The Hall–Kier alpha value is -2.91. The fraction of sp³-hybridized carbons (Fsp3) is 0.333. The molecule has 0 aliphatic carbocycles. The first-order chi connectivity index (χ1) is 14.1. The van der Waals surface area contributed by atoms with E-state index in [4.69, 9.17) is 0 Å². The van der Waals surface area contributed by atoms with Gasteiger partial charge in [0.2, 0.25) is 10.0 Å². The number of rotatable bonds is 8. The molecule has 2 aromatic carbocycles. The maximum absolute atomic E-state index is 12.4. The highest BCUT2D eigenvalue weighted by molar-refractivity contribution is 7.89. The maximum Gasteiger partial charge on any atom is 0.319 e. The Balaban J connectivity index is 1.97. The van der Waals surface area contributed by atoms with Crippen LogP contribution in [0.2, 0.25) is 0 Å². The number of sulfonamides is 1. The van der Waals surface area contributed by atoms with Gasteiger partial charge in [0, 0.05) is 29.9 Å². The zero-order valence-corrected chi connectivity index (χ0v) is 18.3. The van der Waals surface area contributed by atoms with Crippen molar-refractivity contribution >= 4 is 27.6 Å². The van der Waals surface area contributed by atoms with E-state index in [1.165, 1.54) is 18.2 Å². The number of hydrogen-bond acceptors (Lipinski definition) is 4. The molecule has 2 aromatic rings. The van der Waals surface area contributed by atoms with Gasteiger partial charge in [-0.05, 0) is 63.6 Å². The number of benzene rings is 2. The van der Waals surface area contributed by atoms with Crippen molar-refractivity contribution in [1.29, 1.82) is 0 Å². The van der Waals surface area contributed by atoms with Crippen LogP contribution in [0.1, 0.15) is 43.6 Å². The molecule has 30 heavy (non-hydrogen) atoms. The molecule has 0 bridgehead atoms. The van der Waals surface area contributed by atoms with Crippen LogP contribution in [0, 0.1) is 0 Å². The Kier molecular flexibility index (Phi) is 7.96. The van der Waals surface area contributed by atoms with Crippen molar-refractivity contribution in [2.75, 3.05) is 5.32 Å². The van der Waals surface area contributed by atoms with Crippen molar-refractivity contribution in [3.63, 3.8) is 0 Å². The van der Waals surface area contributed by atoms with E-state index in [0.717, 1.165) is 5.56 Å². The molecule has 0 saturated heterocycles. The Morgan fingerprint density at radius 3 is 2.20 bits per heavy atom. The summed E-state index contributed by atoms with van der Waals surface area (Å²) in [6.07, 6.45) is 0. The molecule has 0 fully saturated rings. The lowest BCUT2D eigenvalue weighted by Crippen LogP contribution is -2.34. The minimum atomic E-state index is -3.67. The predicted molar refractivity (Wildman–Crippen MR) is 117 cm³/mol. The number of carbonyl (C=O) groups is 2. The molecule has 9 heteroatoms. The zero-order chi connectivity index (χ0) is 22.3. The number of hydrogen-bond donors (Lipinski definition) is 4. The van der Waals surface area contributed by atoms with Gasteiger partial charge >= 0.3 is 6.03 Å². The second kappa shape index (κ2) is 10.2. The van der Waals surface area contributed by atoms with Gasteiger partial charge in [0.05, 0.1) is 4.90 Å². The largest absolute Gasteiger partial charge is 0.348 e. The molecule has 0 atom stereocenters. The fourth-order valence-electron chi connectivity index (χ4n) is 2.60. The summed E-state index contributed by atoms with van der Waals surface area (Å²) < 4.78 is 27.1. The number of nitrogens with one attached hydrogen (secondary N) is 4. The Bertz CT molecular complexity index is 986. The summed E-state index contributed by atoms with van der Waals surface area (Å²) >= 11 is 0. The van der Waals surface area contributed by atoms with Gasteiger partial charge in [-0.2, -0.15) is 0 Å². The lowest BCUT2D eigenvalue weighted by atomic mass is 10.2. The molecule has 0 aliphatic rings. The average molecular weight is 433 g/mol. The molecular weight excluding hydrogens is 404 g/mol. The van der Waals surface area contributed by atoms with Crippen molar-refractivity contribution in [2.45, 2.75) is 51.2 Å². The van der Waals surface area contributed by atoms with E-state index in [9.17, 15) is 18.0 Å². The smallest absolute Gasteiger partial charge is 0.319 e. The molecule has 0 radical (unpaired) electrons. The highest BCUT2D eigenvalue weighted by atomic mass is 32.2. The van der Waals surface area contributed by atoms with Crippen molar-refractivity contribution in [3.05, 3.63) is 59.7 Å². The molecule has 0 aliphatic heterocycles. The quantitative estimate of drug-likeness (QED) is 0.513. The van der Waals surface area contributed by atoms with Crippen LogP contribution in [-0.4, -0.2) is 32.4 Å². The summed E-state index contributed by atoms with van der Waals surface area (Å²) in [5, 5.41) is 8.23. The predicted octanol–water partition coefficient (Wildman–Crippen LogP) is 2.83. The van der Waals surface area contributed by atoms with Gasteiger partial charge in [0.25, 0.3) is 5.91 Å².